The zero-order valence-corrected chi connectivity index (χ0v) is 11.6. The largest absolute Gasteiger partial charge is 0.314 e. The topological polar surface area (TPSA) is 46.2 Å². The molecule has 0 aliphatic heterocycles. The molecule has 0 heterocycles. The average molecular weight is 247 g/mol. The Bertz CT molecular complexity index is 305. The van der Waals surface area contributed by atoms with Crippen molar-refractivity contribution in [2.24, 2.45) is 5.41 Å². The van der Waals surface area contributed by atoms with E-state index in [-0.39, 0.29) is 0 Å². The van der Waals surface area contributed by atoms with Crippen LogP contribution in [0.1, 0.15) is 46.5 Å². The van der Waals surface area contributed by atoms with Crippen LogP contribution in [0.3, 0.4) is 0 Å². The predicted molar refractivity (Wildman–Crippen MR) is 68.4 cm³/mol. The maximum absolute atomic E-state index is 11.6. The maximum Gasteiger partial charge on any atom is 0.150 e. The lowest BCUT2D eigenvalue weighted by molar-refractivity contribution is 0.419. The fourth-order valence-electron chi connectivity index (χ4n) is 1.90. The van der Waals surface area contributed by atoms with Gasteiger partial charge in [-0.15, -0.1) is 0 Å². The summed E-state index contributed by atoms with van der Waals surface area (Å²) < 4.78 is 23.2. The van der Waals surface area contributed by atoms with E-state index in [0.29, 0.717) is 23.0 Å². The molecule has 0 aromatic carbocycles. The SMILES string of the molecule is CCCS(=O)(=O)CCC1(CNC(C)C)CC1. The summed E-state index contributed by atoms with van der Waals surface area (Å²) in [7, 11) is -2.79. The average Bonchev–Trinajstić information content (AvgIpc) is 2.93. The third-order valence-electron chi connectivity index (χ3n) is 3.30. The van der Waals surface area contributed by atoms with Gasteiger partial charge in [0.1, 0.15) is 9.84 Å². The van der Waals surface area contributed by atoms with Crippen LogP contribution >= 0.6 is 0 Å². The Hall–Kier alpha value is -0.0900. The molecule has 0 aromatic rings. The second-order valence-electron chi connectivity index (χ2n) is 5.44. The Labute approximate surface area is 99.9 Å². The molecule has 1 saturated carbocycles. The van der Waals surface area contributed by atoms with Crippen LogP contribution in [0, 0.1) is 5.41 Å². The van der Waals surface area contributed by atoms with Gasteiger partial charge in [0.2, 0.25) is 0 Å². The molecule has 1 rings (SSSR count). The fourth-order valence-corrected chi connectivity index (χ4v) is 3.47. The van der Waals surface area contributed by atoms with E-state index in [9.17, 15) is 8.42 Å². The number of hydrogen-bond donors (Lipinski definition) is 1. The van der Waals surface area contributed by atoms with E-state index in [1.807, 2.05) is 6.92 Å². The second-order valence-corrected chi connectivity index (χ2v) is 7.74. The van der Waals surface area contributed by atoms with Crippen LogP contribution in [0.25, 0.3) is 0 Å². The highest BCUT2D eigenvalue weighted by molar-refractivity contribution is 7.91. The van der Waals surface area contributed by atoms with Crippen molar-refractivity contribution in [3.63, 3.8) is 0 Å². The Morgan fingerprint density at radius 3 is 2.31 bits per heavy atom. The van der Waals surface area contributed by atoms with Gasteiger partial charge < -0.3 is 5.32 Å². The van der Waals surface area contributed by atoms with E-state index in [2.05, 4.69) is 19.2 Å². The molecule has 1 aliphatic rings. The standard InChI is InChI=1S/C12H25NO2S/c1-4-8-16(14,15)9-7-12(5-6-12)10-13-11(2)3/h11,13H,4-10H2,1-3H3. The zero-order chi connectivity index (χ0) is 12.2. The second kappa shape index (κ2) is 5.50. The van der Waals surface area contributed by atoms with Gasteiger partial charge in [0, 0.05) is 18.3 Å². The minimum Gasteiger partial charge on any atom is -0.314 e. The van der Waals surface area contributed by atoms with Crippen LogP contribution in [0.2, 0.25) is 0 Å². The Morgan fingerprint density at radius 2 is 1.88 bits per heavy atom. The molecule has 0 unspecified atom stereocenters. The van der Waals surface area contributed by atoms with Crippen LogP contribution in [-0.4, -0.2) is 32.5 Å². The summed E-state index contributed by atoms with van der Waals surface area (Å²) >= 11 is 0. The molecule has 1 fully saturated rings. The minimum atomic E-state index is -2.79. The van der Waals surface area contributed by atoms with Gasteiger partial charge in [-0.1, -0.05) is 20.8 Å². The third kappa shape index (κ3) is 4.83. The summed E-state index contributed by atoms with van der Waals surface area (Å²) in [6.45, 7) is 7.16. The lowest BCUT2D eigenvalue weighted by atomic mass is 10.0. The van der Waals surface area contributed by atoms with Crippen molar-refractivity contribution in [1.82, 2.24) is 5.32 Å². The number of hydrogen-bond acceptors (Lipinski definition) is 3. The lowest BCUT2D eigenvalue weighted by Crippen LogP contribution is -2.31. The normalized spacial score (nSPS) is 19.0. The number of nitrogens with one attached hydrogen (secondary N) is 1. The van der Waals surface area contributed by atoms with Crippen molar-refractivity contribution in [3.8, 4) is 0 Å². The molecule has 0 atom stereocenters. The first-order valence-electron chi connectivity index (χ1n) is 6.33. The van der Waals surface area contributed by atoms with Crippen molar-refractivity contribution < 1.29 is 8.42 Å². The lowest BCUT2D eigenvalue weighted by Gasteiger charge is -2.17. The minimum absolute atomic E-state index is 0.297. The smallest absolute Gasteiger partial charge is 0.150 e. The quantitative estimate of drug-likeness (QED) is 0.713. The molecule has 16 heavy (non-hydrogen) atoms. The summed E-state index contributed by atoms with van der Waals surface area (Å²) in [5.41, 5.74) is 0.297. The van der Waals surface area contributed by atoms with Gasteiger partial charge in [0.15, 0.2) is 0 Å². The van der Waals surface area contributed by atoms with E-state index < -0.39 is 9.84 Å². The Balaban J connectivity index is 2.32. The Kier molecular flexibility index (Phi) is 4.80. The van der Waals surface area contributed by atoms with Crippen LogP contribution in [0.5, 0.6) is 0 Å². The number of sulfone groups is 1. The van der Waals surface area contributed by atoms with Gasteiger partial charge in [0.05, 0.1) is 5.75 Å². The van der Waals surface area contributed by atoms with Crippen LogP contribution < -0.4 is 5.32 Å². The molecule has 1 aliphatic carbocycles. The van der Waals surface area contributed by atoms with Crippen LogP contribution in [-0.2, 0) is 9.84 Å². The first-order chi connectivity index (χ1) is 7.39. The van der Waals surface area contributed by atoms with Crippen molar-refractivity contribution >= 4 is 9.84 Å². The first-order valence-corrected chi connectivity index (χ1v) is 8.15. The highest BCUT2D eigenvalue weighted by Gasteiger charge is 2.42. The third-order valence-corrected chi connectivity index (χ3v) is 5.16. The molecule has 0 radical (unpaired) electrons. The zero-order valence-electron chi connectivity index (χ0n) is 10.8. The fraction of sp³-hybridized carbons (Fsp3) is 1.00. The van der Waals surface area contributed by atoms with Gasteiger partial charge >= 0.3 is 0 Å². The Morgan fingerprint density at radius 1 is 1.25 bits per heavy atom. The van der Waals surface area contributed by atoms with Crippen molar-refractivity contribution in [2.45, 2.75) is 52.5 Å². The molecule has 0 aromatic heterocycles. The number of rotatable bonds is 8. The molecule has 0 spiro atoms. The molecule has 0 bridgehead atoms. The molecule has 0 saturated heterocycles. The van der Waals surface area contributed by atoms with Crippen LogP contribution in [0.15, 0.2) is 0 Å². The van der Waals surface area contributed by atoms with Crippen molar-refractivity contribution in [1.29, 1.82) is 0 Å². The maximum atomic E-state index is 11.6. The van der Waals surface area contributed by atoms with Gasteiger partial charge in [-0.05, 0) is 31.1 Å². The molecular formula is C12H25NO2S. The van der Waals surface area contributed by atoms with Crippen molar-refractivity contribution in [3.05, 3.63) is 0 Å². The summed E-state index contributed by atoms with van der Waals surface area (Å²) in [6.07, 6.45) is 3.96. The summed E-state index contributed by atoms with van der Waals surface area (Å²) in [4.78, 5) is 0. The van der Waals surface area contributed by atoms with E-state index in [0.717, 1.165) is 19.4 Å². The van der Waals surface area contributed by atoms with Gasteiger partial charge in [-0.3, -0.25) is 0 Å². The highest BCUT2D eigenvalue weighted by atomic mass is 32.2. The van der Waals surface area contributed by atoms with E-state index >= 15 is 0 Å². The van der Waals surface area contributed by atoms with Crippen LogP contribution in [0.4, 0.5) is 0 Å². The molecule has 96 valence electrons. The molecule has 1 N–H and O–H groups in total. The highest BCUT2D eigenvalue weighted by Crippen LogP contribution is 2.48. The summed E-state index contributed by atoms with van der Waals surface area (Å²) in [5.74, 6) is 0.724. The van der Waals surface area contributed by atoms with Gasteiger partial charge in [-0.25, -0.2) is 8.42 Å². The van der Waals surface area contributed by atoms with Gasteiger partial charge in [-0.2, -0.15) is 0 Å². The van der Waals surface area contributed by atoms with E-state index in [1.165, 1.54) is 12.8 Å². The summed E-state index contributed by atoms with van der Waals surface area (Å²) in [6, 6.07) is 0.490. The van der Waals surface area contributed by atoms with Gasteiger partial charge in [0.25, 0.3) is 0 Å². The first kappa shape index (κ1) is 14.0. The summed E-state index contributed by atoms with van der Waals surface area (Å²) in [5, 5.41) is 3.42. The molecule has 0 amide bonds. The predicted octanol–water partition coefficient (Wildman–Crippen LogP) is 1.98. The molecule has 3 nitrogen and oxygen atoms in total. The monoisotopic (exact) mass is 247 g/mol. The van der Waals surface area contributed by atoms with E-state index in [4.69, 9.17) is 0 Å². The molecule has 4 heteroatoms. The molecular weight excluding hydrogens is 222 g/mol. The van der Waals surface area contributed by atoms with E-state index in [1.54, 1.807) is 0 Å². The van der Waals surface area contributed by atoms with Crippen molar-refractivity contribution in [2.75, 3.05) is 18.1 Å².